The van der Waals surface area contributed by atoms with Crippen LogP contribution in [0, 0.1) is 5.92 Å². The molecule has 2 heterocycles. The highest BCUT2D eigenvalue weighted by Gasteiger charge is 2.16. The molecule has 4 heteroatoms. The minimum atomic E-state index is 0.816. The van der Waals surface area contributed by atoms with Crippen LogP contribution in [-0.4, -0.2) is 31.7 Å². The van der Waals surface area contributed by atoms with Crippen molar-refractivity contribution in [3.8, 4) is 0 Å². The number of nitrogens with one attached hydrogen (secondary N) is 2. The van der Waals surface area contributed by atoms with Crippen LogP contribution in [0.15, 0.2) is 5.38 Å². The van der Waals surface area contributed by atoms with Gasteiger partial charge in [0.15, 0.2) is 0 Å². The lowest BCUT2D eigenvalue weighted by atomic mass is 10.1. The molecule has 16 heavy (non-hydrogen) atoms. The van der Waals surface area contributed by atoms with Crippen LogP contribution in [0.3, 0.4) is 0 Å². The fourth-order valence-electron chi connectivity index (χ4n) is 2.14. The van der Waals surface area contributed by atoms with Gasteiger partial charge >= 0.3 is 0 Å². The Kier molecular flexibility index (Phi) is 4.75. The zero-order chi connectivity index (χ0) is 11.2. The minimum absolute atomic E-state index is 0.816. The van der Waals surface area contributed by atoms with E-state index in [1.54, 1.807) is 0 Å². The molecule has 1 saturated heterocycles. The summed E-state index contributed by atoms with van der Waals surface area (Å²) in [5.41, 5.74) is 1.28. The van der Waals surface area contributed by atoms with E-state index in [4.69, 9.17) is 4.98 Å². The molecular formula is C12H21N3S. The van der Waals surface area contributed by atoms with E-state index < -0.39 is 0 Å². The van der Waals surface area contributed by atoms with Gasteiger partial charge in [0.25, 0.3) is 0 Å². The first kappa shape index (κ1) is 12.0. The molecule has 1 aromatic heterocycles. The maximum Gasteiger partial charge on any atom is 0.0931 e. The van der Waals surface area contributed by atoms with Crippen molar-refractivity contribution in [1.29, 1.82) is 0 Å². The number of thiazole rings is 1. The van der Waals surface area contributed by atoms with Gasteiger partial charge in [-0.1, -0.05) is 0 Å². The normalized spacial score (nSPS) is 20.4. The average Bonchev–Trinajstić information content (AvgIpc) is 2.91. The summed E-state index contributed by atoms with van der Waals surface area (Å²) in [6, 6.07) is 0. The van der Waals surface area contributed by atoms with Crippen LogP contribution in [0.4, 0.5) is 0 Å². The topological polar surface area (TPSA) is 37.0 Å². The zero-order valence-corrected chi connectivity index (χ0v) is 10.8. The van der Waals surface area contributed by atoms with Gasteiger partial charge in [-0.3, -0.25) is 0 Å². The maximum atomic E-state index is 4.71. The van der Waals surface area contributed by atoms with Crippen molar-refractivity contribution < 1.29 is 0 Å². The average molecular weight is 239 g/mol. The van der Waals surface area contributed by atoms with E-state index in [9.17, 15) is 0 Å². The number of aromatic nitrogens is 1. The van der Waals surface area contributed by atoms with E-state index in [0.29, 0.717) is 0 Å². The van der Waals surface area contributed by atoms with Crippen molar-refractivity contribution in [1.82, 2.24) is 15.6 Å². The number of hydrogen-bond donors (Lipinski definition) is 2. The molecule has 0 aliphatic carbocycles. The number of hydrogen-bond acceptors (Lipinski definition) is 4. The second-order valence-electron chi connectivity index (χ2n) is 4.50. The summed E-state index contributed by atoms with van der Waals surface area (Å²) in [5.74, 6) is 0.816. The van der Waals surface area contributed by atoms with E-state index in [1.165, 1.54) is 43.1 Å². The predicted molar refractivity (Wildman–Crippen MR) is 69.0 cm³/mol. The monoisotopic (exact) mass is 239 g/mol. The quantitative estimate of drug-likeness (QED) is 0.738. The second-order valence-corrected chi connectivity index (χ2v) is 5.45. The van der Waals surface area contributed by atoms with Gasteiger partial charge in [0, 0.05) is 11.8 Å². The summed E-state index contributed by atoms with van der Waals surface area (Å²) < 4.78 is 0. The van der Waals surface area contributed by atoms with Crippen LogP contribution in [0.5, 0.6) is 0 Å². The van der Waals surface area contributed by atoms with Gasteiger partial charge < -0.3 is 10.6 Å². The molecule has 3 nitrogen and oxygen atoms in total. The molecule has 1 aliphatic rings. The molecule has 0 saturated carbocycles. The summed E-state index contributed by atoms with van der Waals surface area (Å²) in [6.45, 7) is 3.44. The molecule has 2 rings (SSSR count). The number of rotatable bonds is 6. The lowest BCUT2D eigenvalue weighted by molar-refractivity contribution is 0.577. The molecular weight excluding hydrogens is 218 g/mol. The van der Waals surface area contributed by atoms with E-state index in [-0.39, 0.29) is 0 Å². The molecule has 0 bridgehead atoms. The smallest absolute Gasteiger partial charge is 0.0931 e. The highest BCUT2D eigenvalue weighted by Crippen LogP contribution is 2.19. The van der Waals surface area contributed by atoms with Crippen molar-refractivity contribution in [2.75, 3.05) is 26.7 Å². The summed E-state index contributed by atoms with van der Waals surface area (Å²) in [6.07, 6.45) is 4.78. The minimum Gasteiger partial charge on any atom is -0.320 e. The second kappa shape index (κ2) is 6.33. The molecule has 0 aromatic carbocycles. The molecule has 1 aromatic rings. The summed E-state index contributed by atoms with van der Waals surface area (Å²) in [4.78, 5) is 4.71. The molecule has 1 fully saturated rings. The van der Waals surface area contributed by atoms with E-state index in [2.05, 4.69) is 16.0 Å². The molecule has 1 unspecified atom stereocenters. The van der Waals surface area contributed by atoms with Crippen LogP contribution in [0.2, 0.25) is 0 Å². The molecule has 1 atom stereocenters. The molecule has 90 valence electrons. The lowest BCUT2D eigenvalue weighted by Crippen LogP contribution is -2.10. The van der Waals surface area contributed by atoms with Crippen molar-refractivity contribution in [3.05, 3.63) is 16.1 Å². The largest absolute Gasteiger partial charge is 0.320 e. The molecule has 0 amide bonds. The summed E-state index contributed by atoms with van der Waals surface area (Å²) in [5, 5.41) is 10.1. The maximum absolute atomic E-state index is 4.71. The van der Waals surface area contributed by atoms with Crippen molar-refractivity contribution in [2.24, 2.45) is 5.92 Å². The van der Waals surface area contributed by atoms with E-state index in [0.717, 1.165) is 18.9 Å². The van der Waals surface area contributed by atoms with Gasteiger partial charge in [-0.15, -0.1) is 11.3 Å². The number of aryl methyl sites for hydroxylation is 1. The van der Waals surface area contributed by atoms with Crippen LogP contribution < -0.4 is 10.6 Å². The highest BCUT2D eigenvalue weighted by molar-refractivity contribution is 7.09. The first-order valence-electron chi connectivity index (χ1n) is 6.17. The van der Waals surface area contributed by atoms with Crippen LogP contribution in [-0.2, 0) is 12.8 Å². The van der Waals surface area contributed by atoms with Crippen molar-refractivity contribution in [3.63, 3.8) is 0 Å². The molecule has 0 spiro atoms. The number of nitrogens with zero attached hydrogens (tertiary/aromatic N) is 1. The highest BCUT2D eigenvalue weighted by atomic mass is 32.1. The van der Waals surface area contributed by atoms with Gasteiger partial charge in [0.05, 0.1) is 10.7 Å². The Morgan fingerprint density at radius 2 is 2.56 bits per heavy atom. The third kappa shape index (κ3) is 3.54. The Morgan fingerprint density at radius 1 is 1.62 bits per heavy atom. The molecule has 0 radical (unpaired) electrons. The fourth-order valence-corrected chi connectivity index (χ4v) is 3.08. The fraction of sp³-hybridized carbons (Fsp3) is 0.750. The van der Waals surface area contributed by atoms with Crippen LogP contribution >= 0.6 is 11.3 Å². The Balaban J connectivity index is 1.77. The Bertz CT molecular complexity index is 305. The first-order chi connectivity index (χ1) is 7.88. The summed E-state index contributed by atoms with van der Waals surface area (Å²) in [7, 11) is 2.00. The molecule has 2 N–H and O–H groups in total. The first-order valence-corrected chi connectivity index (χ1v) is 7.05. The van der Waals surface area contributed by atoms with Gasteiger partial charge in [0.2, 0.25) is 0 Å². The molecule has 1 aliphatic heterocycles. The standard InChI is InChI=1S/C12H21N3S/c1-13-5-2-3-11-9-16-12(15-11)7-10-4-6-14-8-10/h9-10,13-14H,2-8H2,1H3. The third-order valence-corrected chi connectivity index (χ3v) is 4.00. The van der Waals surface area contributed by atoms with Gasteiger partial charge in [-0.25, -0.2) is 4.98 Å². The van der Waals surface area contributed by atoms with Crippen molar-refractivity contribution >= 4 is 11.3 Å². The van der Waals surface area contributed by atoms with Gasteiger partial charge in [-0.05, 0) is 51.9 Å². The van der Waals surface area contributed by atoms with Gasteiger partial charge in [0.1, 0.15) is 0 Å². The lowest BCUT2D eigenvalue weighted by Gasteiger charge is -2.03. The predicted octanol–water partition coefficient (Wildman–Crippen LogP) is 1.45. The van der Waals surface area contributed by atoms with Crippen molar-refractivity contribution in [2.45, 2.75) is 25.7 Å². The SMILES string of the molecule is CNCCCc1csc(CC2CCNC2)n1. The zero-order valence-electron chi connectivity index (χ0n) is 9.96. The summed E-state index contributed by atoms with van der Waals surface area (Å²) >= 11 is 1.84. The third-order valence-electron chi connectivity index (χ3n) is 3.08. The Morgan fingerprint density at radius 3 is 3.31 bits per heavy atom. The van der Waals surface area contributed by atoms with Gasteiger partial charge in [-0.2, -0.15) is 0 Å². The Labute approximate surface area is 102 Å². The van der Waals surface area contributed by atoms with Crippen LogP contribution in [0.1, 0.15) is 23.5 Å². The van der Waals surface area contributed by atoms with E-state index in [1.807, 2.05) is 18.4 Å². The van der Waals surface area contributed by atoms with Crippen LogP contribution in [0.25, 0.3) is 0 Å². The van der Waals surface area contributed by atoms with E-state index >= 15 is 0 Å². The Hall–Kier alpha value is -0.450.